The Kier molecular flexibility index (Phi) is 5.03. The van der Waals surface area contributed by atoms with E-state index in [4.69, 9.17) is 0 Å². The number of nitrogens with one attached hydrogen (secondary N) is 1. The van der Waals surface area contributed by atoms with E-state index >= 15 is 0 Å². The van der Waals surface area contributed by atoms with Crippen LogP contribution in [0.2, 0.25) is 0 Å². The van der Waals surface area contributed by atoms with Crippen molar-refractivity contribution in [2.24, 2.45) is 5.92 Å². The highest BCUT2D eigenvalue weighted by Gasteiger charge is 2.29. The zero-order valence-corrected chi connectivity index (χ0v) is 10.5. The Morgan fingerprint density at radius 3 is 2.67 bits per heavy atom. The molecule has 0 bridgehead atoms. The van der Waals surface area contributed by atoms with E-state index in [2.05, 4.69) is 38.0 Å². The molecule has 0 unspecified atom stereocenters. The molecule has 1 heterocycles. The van der Waals surface area contributed by atoms with Gasteiger partial charge in [0, 0.05) is 24.7 Å². The van der Waals surface area contributed by atoms with E-state index in [-0.39, 0.29) is 12.6 Å². The number of nitrogens with zero attached hydrogens (tertiary/aromatic N) is 1. The second-order valence-corrected chi connectivity index (χ2v) is 5.06. The number of hydrogen-bond acceptors (Lipinski definition) is 3. The van der Waals surface area contributed by atoms with Gasteiger partial charge in [-0.1, -0.05) is 13.8 Å². The van der Waals surface area contributed by atoms with Crippen molar-refractivity contribution in [2.75, 3.05) is 20.2 Å². The fraction of sp³-hybridized carbons (Fsp3) is 1.00. The van der Waals surface area contributed by atoms with Crippen LogP contribution in [0, 0.1) is 5.92 Å². The van der Waals surface area contributed by atoms with Gasteiger partial charge in [-0.2, -0.15) is 0 Å². The van der Waals surface area contributed by atoms with Crippen molar-refractivity contribution in [2.45, 2.75) is 51.7 Å². The lowest BCUT2D eigenvalue weighted by Gasteiger charge is -2.41. The van der Waals surface area contributed by atoms with Gasteiger partial charge in [-0.15, -0.1) is 0 Å². The molecular formula is C12H26N2O. The Bertz CT molecular complexity index is 182. The molecule has 1 aliphatic rings. The standard InChI is InChI=1S/C12H26N2O/c1-5-11(8-15)13-12-6-10(3)14(4)7-9(12)2/h9-13,15H,5-8H2,1-4H3/t9-,10-,11-,12+/m0/s1. The molecule has 1 fully saturated rings. The molecule has 1 aliphatic heterocycles. The van der Waals surface area contributed by atoms with Crippen molar-refractivity contribution >= 4 is 0 Å². The number of hydrogen-bond donors (Lipinski definition) is 2. The highest BCUT2D eigenvalue weighted by Crippen LogP contribution is 2.21. The molecule has 2 N–H and O–H groups in total. The van der Waals surface area contributed by atoms with E-state index in [0.717, 1.165) is 13.0 Å². The summed E-state index contributed by atoms with van der Waals surface area (Å²) in [7, 11) is 2.20. The molecule has 0 spiro atoms. The van der Waals surface area contributed by atoms with Gasteiger partial charge >= 0.3 is 0 Å². The minimum Gasteiger partial charge on any atom is -0.395 e. The molecular weight excluding hydrogens is 188 g/mol. The van der Waals surface area contributed by atoms with Crippen LogP contribution in [0.1, 0.15) is 33.6 Å². The average Bonchev–Trinajstić information content (AvgIpc) is 2.21. The smallest absolute Gasteiger partial charge is 0.0584 e. The van der Waals surface area contributed by atoms with Gasteiger partial charge in [0.15, 0.2) is 0 Å². The first-order valence-corrected chi connectivity index (χ1v) is 6.15. The van der Waals surface area contributed by atoms with Crippen molar-refractivity contribution < 1.29 is 5.11 Å². The van der Waals surface area contributed by atoms with Crippen LogP contribution in [0.15, 0.2) is 0 Å². The van der Waals surface area contributed by atoms with Gasteiger partial charge < -0.3 is 15.3 Å². The quantitative estimate of drug-likeness (QED) is 0.735. The summed E-state index contributed by atoms with van der Waals surface area (Å²) < 4.78 is 0. The van der Waals surface area contributed by atoms with E-state index in [1.807, 2.05) is 0 Å². The lowest BCUT2D eigenvalue weighted by atomic mass is 9.89. The van der Waals surface area contributed by atoms with E-state index in [1.54, 1.807) is 0 Å². The highest BCUT2D eigenvalue weighted by molar-refractivity contribution is 4.87. The average molecular weight is 214 g/mol. The molecule has 0 aromatic carbocycles. The Balaban J connectivity index is 2.47. The van der Waals surface area contributed by atoms with Crippen LogP contribution in [0.4, 0.5) is 0 Å². The van der Waals surface area contributed by atoms with Gasteiger partial charge in [-0.3, -0.25) is 0 Å². The first kappa shape index (κ1) is 12.9. The topological polar surface area (TPSA) is 35.5 Å². The Hall–Kier alpha value is -0.120. The van der Waals surface area contributed by atoms with Crippen LogP contribution in [-0.4, -0.2) is 48.3 Å². The lowest BCUT2D eigenvalue weighted by molar-refractivity contribution is 0.106. The third kappa shape index (κ3) is 3.44. The maximum atomic E-state index is 9.19. The van der Waals surface area contributed by atoms with E-state index in [1.165, 1.54) is 6.42 Å². The van der Waals surface area contributed by atoms with Crippen molar-refractivity contribution in [3.05, 3.63) is 0 Å². The molecule has 1 saturated heterocycles. The van der Waals surface area contributed by atoms with Gasteiger partial charge in [0.05, 0.1) is 6.61 Å². The zero-order chi connectivity index (χ0) is 11.4. The second kappa shape index (κ2) is 5.83. The van der Waals surface area contributed by atoms with Crippen molar-refractivity contribution in [3.63, 3.8) is 0 Å². The van der Waals surface area contributed by atoms with Crippen molar-refractivity contribution in [3.8, 4) is 0 Å². The normalized spacial score (nSPS) is 35.4. The minimum atomic E-state index is 0.254. The van der Waals surface area contributed by atoms with Crippen LogP contribution >= 0.6 is 0 Å². The predicted molar refractivity (Wildman–Crippen MR) is 64.0 cm³/mol. The van der Waals surface area contributed by atoms with Crippen molar-refractivity contribution in [1.82, 2.24) is 10.2 Å². The summed E-state index contributed by atoms with van der Waals surface area (Å²) in [5.41, 5.74) is 0. The SMILES string of the molecule is CC[C@@H](CO)N[C@@H]1C[C@H](C)N(C)C[C@@H]1C. The van der Waals surface area contributed by atoms with Gasteiger partial charge in [-0.25, -0.2) is 0 Å². The molecule has 0 aromatic heterocycles. The number of piperidine rings is 1. The van der Waals surface area contributed by atoms with Gasteiger partial charge in [0.1, 0.15) is 0 Å². The Morgan fingerprint density at radius 1 is 1.47 bits per heavy atom. The monoisotopic (exact) mass is 214 g/mol. The van der Waals surface area contributed by atoms with E-state index in [0.29, 0.717) is 18.0 Å². The van der Waals surface area contributed by atoms with Gasteiger partial charge in [0.2, 0.25) is 0 Å². The molecule has 0 radical (unpaired) electrons. The summed E-state index contributed by atoms with van der Waals surface area (Å²) >= 11 is 0. The summed E-state index contributed by atoms with van der Waals surface area (Å²) in [6, 6.07) is 1.48. The van der Waals surface area contributed by atoms with Crippen LogP contribution in [0.25, 0.3) is 0 Å². The molecule has 3 nitrogen and oxygen atoms in total. The predicted octanol–water partition coefficient (Wildman–Crippen LogP) is 1.08. The molecule has 3 heteroatoms. The van der Waals surface area contributed by atoms with Crippen LogP contribution in [-0.2, 0) is 0 Å². The Morgan fingerprint density at radius 2 is 2.13 bits per heavy atom. The molecule has 0 amide bonds. The number of rotatable bonds is 4. The fourth-order valence-electron chi connectivity index (χ4n) is 2.38. The van der Waals surface area contributed by atoms with Crippen LogP contribution in [0.5, 0.6) is 0 Å². The summed E-state index contributed by atoms with van der Waals surface area (Å²) in [6.07, 6.45) is 2.19. The van der Waals surface area contributed by atoms with Crippen LogP contribution < -0.4 is 5.32 Å². The lowest BCUT2D eigenvalue weighted by Crippen LogP contribution is -2.53. The summed E-state index contributed by atoms with van der Waals surface area (Å²) in [6.45, 7) is 8.10. The molecule has 0 saturated carbocycles. The second-order valence-electron chi connectivity index (χ2n) is 5.06. The first-order valence-electron chi connectivity index (χ1n) is 6.15. The fourth-order valence-corrected chi connectivity index (χ4v) is 2.38. The maximum absolute atomic E-state index is 9.19. The first-order chi connectivity index (χ1) is 7.08. The highest BCUT2D eigenvalue weighted by atomic mass is 16.3. The number of aliphatic hydroxyl groups is 1. The van der Waals surface area contributed by atoms with Gasteiger partial charge in [0.25, 0.3) is 0 Å². The van der Waals surface area contributed by atoms with Gasteiger partial charge in [-0.05, 0) is 32.7 Å². The molecule has 90 valence electrons. The minimum absolute atomic E-state index is 0.254. The van der Waals surface area contributed by atoms with E-state index in [9.17, 15) is 5.11 Å². The molecule has 15 heavy (non-hydrogen) atoms. The third-order valence-electron chi connectivity index (χ3n) is 3.77. The number of likely N-dealkylation sites (tertiary alicyclic amines) is 1. The zero-order valence-electron chi connectivity index (χ0n) is 10.5. The summed E-state index contributed by atoms with van der Waals surface area (Å²) in [5, 5.41) is 12.8. The van der Waals surface area contributed by atoms with Crippen LogP contribution in [0.3, 0.4) is 0 Å². The molecule has 1 rings (SSSR count). The maximum Gasteiger partial charge on any atom is 0.0584 e. The molecule has 4 atom stereocenters. The Labute approximate surface area is 93.9 Å². The summed E-state index contributed by atoms with van der Waals surface area (Å²) in [5.74, 6) is 0.673. The summed E-state index contributed by atoms with van der Waals surface area (Å²) in [4.78, 5) is 2.42. The molecule has 0 aromatic rings. The van der Waals surface area contributed by atoms with E-state index < -0.39 is 0 Å². The van der Waals surface area contributed by atoms with Crippen molar-refractivity contribution in [1.29, 1.82) is 0 Å². The number of aliphatic hydroxyl groups excluding tert-OH is 1. The third-order valence-corrected chi connectivity index (χ3v) is 3.77. The largest absolute Gasteiger partial charge is 0.395 e. The molecule has 0 aliphatic carbocycles.